The van der Waals surface area contributed by atoms with Crippen LogP contribution in [0.3, 0.4) is 0 Å². The van der Waals surface area contributed by atoms with Crippen molar-refractivity contribution in [3.05, 3.63) is 71.4 Å². The molecular weight excluding hydrogens is 423 g/mol. The van der Waals surface area contributed by atoms with Gasteiger partial charge in [0.05, 0.1) is 11.4 Å². The van der Waals surface area contributed by atoms with Crippen LogP contribution in [-0.2, 0) is 16.0 Å². The zero-order valence-electron chi connectivity index (χ0n) is 19.0. The summed E-state index contributed by atoms with van der Waals surface area (Å²) in [5.41, 5.74) is 2.00. The first-order chi connectivity index (χ1) is 15.7. The number of hydrogen-bond donors (Lipinski definition) is 0. The van der Waals surface area contributed by atoms with Gasteiger partial charge in [0.2, 0.25) is 0 Å². The fourth-order valence-electron chi connectivity index (χ4n) is 4.07. The molecule has 4 rings (SSSR count). The van der Waals surface area contributed by atoms with Crippen LogP contribution in [0.15, 0.2) is 48.8 Å². The number of rotatable bonds is 6. The van der Waals surface area contributed by atoms with Gasteiger partial charge in [0.15, 0.2) is 12.4 Å². The highest BCUT2D eigenvalue weighted by Crippen LogP contribution is 2.38. The number of pyridine rings is 1. The molecular formula is C25H25FN4O3. The van der Waals surface area contributed by atoms with Gasteiger partial charge in [-0.2, -0.15) is 9.67 Å². The third-order valence-electron chi connectivity index (χ3n) is 5.54. The van der Waals surface area contributed by atoms with Crippen molar-refractivity contribution in [1.29, 1.82) is 0 Å². The van der Waals surface area contributed by atoms with Gasteiger partial charge in [0, 0.05) is 23.2 Å². The number of aryl methyl sites for hydroxylation is 2. The number of carbonyl (C=O) groups is 2. The lowest BCUT2D eigenvalue weighted by atomic mass is 10.0. The third-order valence-corrected chi connectivity index (χ3v) is 5.54. The number of nitrogens with zero attached hydrogens (tertiary/aromatic N) is 4. The van der Waals surface area contributed by atoms with Crippen molar-refractivity contribution in [2.24, 2.45) is 0 Å². The molecule has 0 fully saturated rings. The van der Waals surface area contributed by atoms with E-state index >= 15 is 0 Å². The topological polar surface area (TPSA) is 82.1 Å². The summed E-state index contributed by atoms with van der Waals surface area (Å²) in [6.45, 7) is 7.33. The Morgan fingerprint density at radius 1 is 1.12 bits per heavy atom. The maximum atomic E-state index is 13.6. The second-order valence-corrected chi connectivity index (χ2v) is 8.35. The lowest BCUT2D eigenvalue weighted by molar-refractivity contribution is -0.577. The highest BCUT2D eigenvalue weighted by Gasteiger charge is 2.47. The van der Waals surface area contributed by atoms with E-state index in [4.69, 9.17) is 0 Å². The molecule has 0 aliphatic carbocycles. The molecule has 0 atom stereocenters. The molecule has 1 aromatic carbocycles. The molecule has 2 aromatic heterocycles. The Morgan fingerprint density at radius 2 is 1.82 bits per heavy atom. The van der Waals surface area contributed by atoms with Gasteiger partial charge in [0.1, 0.15) is 11.4 Å². The van der Waals surface area contributed by atoms with E-state index in [1.165, 1.54) is 33.8 Å². The molecule has 0 N–H and O–H groups in total. The first-order valence-electron chi connectivity index (χ1n) is 10.9. The maximum Gasteiger partial charge on any atom is 0.327 e. The summed E-state index contributed by atoms with van der Waals surface area (Å²) >= 11 is 0. The molecule has 3 aromatic rings. The minimum Gasteiger partial charge on any atom is -0.858 e. The molecule has 8 heteroatoms. The number of hydrogen-bond acceptors (Lipinski definition) is 4. The van der Waals surface area contributed by atoms with Crippen molar-refractivity contribution in [2.75, 3.05) is 0 Å². The van der Waals surface area contributed by atoms with Gasteiger partial charge >= 0.3 is 5.91 Å². The van der Waals surface area contributed by atoms with E-state index in [0.717, 1.165) is 5.56 Å². The largest absolute Gasteiger partial charge is 0.858 e. The summed E-state index contributed by atoms with van der Waals surface area (Å²) in [5, 5.41) is 18.1. The standard InChI is InChI=1S/C25H25FN4O3/c1-5-7-19-20(24(32)30(27-19)18-11-9-17(26)10-12-18)21-22(28-13-6-8-16(4)14-28)25(33)29(15(2)3)23(21)31/h6,8-15H,5,7H2,1-4H3. The molecule has 170 valence electrons. The van der Waals surface area contributed by atoms with Gasteiger partial charge in [-0.15, -0.1) is 0 Å². The summed E-state index contributed by atoms with van der Waals surface area (Å²) in [6, 6.07) is 8.67. The fraction of sp³-hybridized carbons (Fsp3) is 0.280. The van der Waals surface area contributed by atoms with Crippen LogP contribution in [0.1, 0.15) is 44.0 Å². The minimum absolute atomic E-state index is 0.0473. The summed E-state index contributed by atoms with van der Waals surface area (Å²) in [5.74, 6) is -1.93. The maximum absolute atomic E-state index is 13.6. The highest BCUT2D eigenvalue weighted by atomic mass is 19.1. The van der Waals surface area contributed by atoms with Crippen molar-refractivity contribution < 1.29 is 23.7 Å². The molecule has 2 amide bonds. The Kier molecular flexibility index (Phi) is 5.84. The van der Waals surface area contributed by atoms with Crippen molar-refractivity contribution in [2.45, 2.75) is 46.6 Å². The van der Waals surface area contributed by atoms with Crippen molar-refractivity contribution in [3.8, 4) is 11.6 Å². The first-order valence-corrected chi connectivity index (χ1v) is 10.9. The van der Waals surface area contributed by atoms with Crippen LogP contribution in [0.2, 0.25) is 0 Å². The van der Waals surface area contributed by atoms with Gasteiger partial charge in [-0.3, -0.25) is 14.5 Å². The lowest BCUT2D eigenvalue weighted by Crippen LogP contribution is -2.42. The van der Waals surface area contributed by atoms with Gasteiger partial charge in [-0.1, -0.05) is 13.3 Å². The van der Waals surface area contributed by atoms with Gasteiger partial charge in [-0.25, -0.2) is 9.07 Å². The van der Waals surface area contributed by atoms with Gasteiger partial charge in [-0.05, 0) is 63.4 Å². The summed E-state index contributed by atoms with van der Waals surface area (Å²) in [7, 11) is 0. The van der Waals surface area contributed by atoms with Crippen LogP contribution in [0, 0.1) is 12.7 Å². The highest BCUT2D eigenvalue weighted by molar-refractivity contribution is 6.45. The zero-order chi connectivity index (χ0) is 23.9. The van der Waals surface area contributed by atoms with Crippen LogP contribution in [0.4, 0.5) is 4.39 Å². The molecule has 1 aliphatic rings. The smallest absolute Gasteiger partial charge is 0.327 e. The van der Waals surface area contributed by atoms with Crippen molar-refractivity contribution in [1.82, 2.24) is 14.7 Å². The SMILES string of the molecule is CCCc1nn(-c2ccc(F)cc2)c([O-])c1C1=C([n+]2cccc(C)c2)C(=O)N(C(C)C)C1=O. The number of halogens is 1. The summed E-state index contributed by atoms with van der Waals surface area (Å²) in [6.07, 6.45) is 4.56. The Balaban J connectivity index is 2.02. The van der Waals surface area contributed by atoms with E-state index in [-0.39, 0.29) is 22.9 Å². The van der Waals surface area contributed by atoms with E-state index < -0.39 is 23.5 Å². The van der Waals surface area contributed by atoms with Gasteiger partial charge < -0.3 is 5.11 Å². The van der Waals surface area contributed by atoms with E-state index in [2.05, 4.69) is 5.10 Å². The predicted octanol–water partition coefficient (Wildman–Crippen LogP) is 2.78. The number of benzene rings is 1. The molecule has 3 heterocycles. The molecule has 0 saturated carbocycles. The van der Waals surface area contributed by atoms with Crippen LogP contribution in [0.5, 0.6) is 5.88 Å². The molecule has 0 unspecified atom stereocenters. The quantitative estimate of drug-likeness (QED) is 0.429. The molecule has 0 saturated heterocycles. The average Bonchev–Trinajstić information content (AvgIpc) is 3.21. The van der Waals surface area contributed by atoms with E-state index in [9.17, 15) is 19.1 Å². The summed E-state index contributed by atoms with van der Waals surface area (Å²) < 4.78 is 16.2. The predicted molar refractivity (Wildman–Crippen MR) is 118 cm³/mol. The molecule has 33 heavy (non-hydrogen) atoms. The second kappa shape index (κ2) is 8.61. The van der Waals surface area contributed by atoms with Crippen LogP contribution in [-0.4, -0.2) is 32.5 Å². The number of aromatic nitrogens is 3. The molecule has 1 aliphatic heterocycles. The van der Waals surface area contributed by atoms with Crippen molar-refractivity contribution in [3.63, 3.8) is 0 Å². The Hall–Kier alpha value is -3.81. The number of amides is 2. The van der Waals surface area contributed by atoms with E-state index in [1.807, 2.05) is 19.9 Å². The Labute approximate surface area is 191 Å². The lowest BCUT2D eigenvalue weighted by Gasteiger charge is -2.18. The van der Waals surface area contributed by atoms with Crippen LogP contribution < -0.4 is 9.67 Å². The summed E-state index contributed by atoms with van der Waals surface area (Å²) in [4.78, 5) is 28.1. The molecule has 0 bridgehead atoms. The minimum atomic E-state index is -0.521. The van der Waals surface area contributed by atoms with E-state index in [0.29, 0.717) is 24.2 Å². The third kappa shape index (κ3) is 3.82. The zero-order valence-corrected chi connectivity index (χ0v) is 19.0. The number of carbonyl (C=O) groups excluding carboxylic acids is 2. The first kappa shape index (κ1) is 22.4. The van der Waals surface area contributed by atoms with Crippen LogP contribution in [0.25, 0.3) is 17.0 Å². The Morgan fingerprint density at radius 3 is 2.42 bits per heavy atom. The molecule has 0 radical (unpaired) electrons. The van der Waals surface area contributed by atoms with E-state index in [1.54, 1.807) is 36.9 Å². The van der Waals surface area contributed by atoms with Crippen LogP contribution >= 0.6 is 0 Å². The Bertz CT molecular complexity index is 1280. The number of imide groups is 1. The second-order valence-electron chi connectivity index (χ2n) is 8.35. The molecule has 0 spiro atoms. The fourth-order valence-corrected chi connectivity index (χ4v) is 4.07. The van der Waals surface area contributed by atoms with Crippen molar-refractivity contribution >= 4 is 23.1 Å². The normalized spacial score (nSPS) is 14.2. The molecule has 7 nitrogen and oxygen atoms in total. The monoisotopic (exact) mass is 448 g/mol. The average molecular weight is 448 g/mol. The van der Waals surface area contributed by atoms with Gasteiger partial charge in [0.25, 0.3) is 11.6 Å².